The van der Waals surface area contributed by atoms with Gasteiger partial charge >= 0.3 is 0 Å². The fraction of sp³-hybridized carbons (Fsp3) is 1.00. The van der Waals surface area contributed by atoms with Gasteiger partial charge in [0.2, 0.25) is 0 Å². The van der Waals surface area contributed by atoms with Crippen LogP contribution in [0, 0.1) is 62.6 Å². The first-order valence-electron chi connectivity index (χ1n) is 13.9. The van der Waals surface area contributed by atoms with Gasteiger partial charge in [-0.05, 0) is 127 Å². The zero-order valence-corrected chi connectivity index (χ0v) is 21.7. The molecular formula is C30H52. The highest BCUT2D eigenvalue weighted by Crippen LogP contribution is 2.77. The topological polar surface area (TPSA) is 0 Å². The van der Waals surface area contributed by atoms with E-state index in [1.54, 1.807) is 6.42 Å². The molecule has 0 aromatic rings. The Bertz CT molecular complexity index is 688. The molecule has 30 heavy (non-hydrogen) atoms. The highest BCUT2D eigenvalue weighted by molar-refractivity contribution is 5.18. The predicted molar refractivity (Wildman–Crippen MR) is 129 cm³/mol. The van der Waals surface area contributed by atoms with Crippen molar-refractivity contribution in [1.82, 2.24) is 0 Å². The van der Waals surface area contributed by atoms with Crippen LogP contribution in [0.3, 0.4) is 0 Å². The minimum Gasteiger partial charge on any atom is -0.0625 e. The molecule has 0 heterocycles. The summed E-state index contributed by atoms with van der Waals surface area (Å²) in [4.78, 5) is 0. The molecule has 5 aliphatic rings. The second-order valence-electron chi connectivity index (χ2n) is 15.1. The third-order valence-corrected chi connectivity index (χ3v) is 13.6. The van der Waals surface area contributed by atoms with Crippen LogP contribution in [0.1, 0.15) is 126 Å². The number of rotatable bonds is 1. The molecule has 0 unspecified atom stereocenters. The van der Waals surface area contributed by atoms with Gasteiger partial charge in [0, 0.05) is 0 Å². The smallest absolute Gasteiger partial charge is 0.0235 e. The van der Waals surface area contributed by atoms with Gasteiger partial charge in [-0.25, -0.2) is 0 Å². The van der Waals surface area contributed by atoms with Crippen molar-refractivity contribution in [2.24, 2.45) is 62.6 Å². The molecule has 0 aromatic heterocycles. The Morgan fingerprint density at radius 3 is 1.97 bits per heavy atom. The van der Waals surface area contributed by atoms with Crippen LogP contribution in [0.25, 0.3) is 0 Å². The standard InChI is InChI=1S/C30H52/c1-20(2)21-10-13-25-28(21,6)18-19-29(7)23-11-12-24-26(3,4)15-9-16-27(24,5)22(23)14-17-30(25,29)8/h20-25H,9-19H2,1-8H3/t21-,22-,23+,24-,25-,27+,28-,29-,30+/m0/s1. The molecule has 0 amide bonds. The maximum absolute atomic E-state index is 2.81. The summed E-state index contributed by atoms with van der Waals surface area (Å²) in [7, 11) is 0. The molecule has 5 saturated carbocycles. The summed E-state index contributed by atoms with van der Waals surface area (Å²) in [6, 6.07) is 0. The Kier molecular flexibility index (Phi) is 4.75. The lowest BCUT2D eigenvalue weighted by molar-refractivity contribution is -0.227. The van der Waals surface area contributed by atoms with Gasteiger partial charge in [-0.3, -0.25) is 0 Å². The number of hydrogen-bond donors (Lipinski definition) is 0. The van der Waals surface area contributed by atoms with Crippen molar-refractivity contribution in [3.8, 4) is 0 Å². The van der Waals surface area contributed by atoms with Gasteiger partial charge in [-0.1, -0.05) is 61.8 Å². The van der Waals surface area contributed by atoms with Gasteiger partial charge < -0.3 is 0 Å². The van der Waals surface area contributed by atoms with E-state index in [2.05, 4.69) is 55.4 Å². The predicted octanol–water partition coefficient (Wildman–Crippen LogP) is 9.13. The fourth-order valence-corrected chi connectivity index (χ4v) is 12.1. The molecule has 172 valence electrons. The molecule has 0 radical (unpaired) electrons. The molecule has 0 saturated heterocycles. The molecule has 5 rings (SSSR count). The fourth-order valence-electron chi connectivity index (χ4n) is 12.1. The first-order valence-corrected chi connectivity index (χ1v) is 13.9. The summed E-state index contributed by atoms with van der Waals surface area (Å²) in [6.45, 7) is 21.3. The Hall–Kier alpha value is 0. The van der Waals surface area contributed by atoms with Crippen LogP contribution in [-0.4, -0.2) is 0 Å². The van der Waals surface area contributed by atoms with Crippen molar-refractivity contribution in [1.29, 1.82) is 0 Å². The first kappa shape index (κ1) is 21.8. The summed E-state index contributed by atoms with van der Waals surface area (Å²) >= 11 is 0. The van der Waals surface area contributed by atoms with E-state index in [-0.39, 0.29) is 0 Å². The van der Waals surface area contributed by atoms with E-state index in [1.165, 1.54) is 64.2 Å². The third kappa shape index (κ3) is 2.52. The largest absolute Gasteiger partial charge is 0.0625 e. The molecule has 0 nitrogen and oxygen atoms in total. The average Bonchev–Trinajstić information content (AvgIpc) is 3.01. The summed E-state index contributed by atoms with van der Waals surface area (Å²) in [5.74, 6) is 5.77. The third-order valence-electron chi connectivity index (χ3n) is 13.6. The van der Waals surface area contributed by atoms with Crippen molar-refractivity contribution < 1.29 is 0 Å². The van der Waals surface area contributed by atoms with Gasteiger partial charge in [0.15, 0.2) is 0 Å². The van der Waals surface area contributed by atoms with Crippen molar-refractivity contribution in [3.05, 3.63) is 0 Å². The van der Waals surface area contributed by atoms with E-state index >= 15 is 0 Å². The van der Waals surface area contributed by atoms with Crippen LogP contribution < -0.4 is 0 Å². The van der Waals surface area contributed by atoms with Gasteiger partial charge in [-0.2, -0.15) is 0 Å². The lowest BCUT2D eigenvalue weighted by Gasteiger charge is -2.71. The van der Waals surface area contributed by atoms with E-state index in [9.17, 15) is 0 Å². The van der Waals surface area contributed by atoms with Crippen molar-refractivity contribution in [3.63, 3.8) is 0 Å². The maximum Gasteiger partial charge on any atom is -0.0235 e. The zero-order chi connectivity index (χ0) is 21.7. The van der Waals surface area contributed by atoms with Crippen molar-refractivity contribution >= 4 is 0 Å². The summed E-state index contributed by atoms with van der Waals surface area (Å²) in [6.07, 6.45) is 16.7. The van der Waals surface area contributed by atoms with E-state index < -0.39 is 0 Å². The van der Waals surface area contributed by atoms with Crippen LogP contribution in [0.5, 0.6) is 0 Å². The Morgan fingerprint density at radius 1 is 0.567 bits per heavy atom. The molecule has 0 heteroatoms. The molecule has 0 N–H and O–H groups in total. The van der Waals surface area contributed by atoms with E-state index in [0.29, 0.717) is 27.1 Å². The second-order valence-corrected chi connectivity index (χ2v) is 15.1. The SMILES string of the molecule is CC(C)[C@@H]1CC[C@H]2[C@@]1(C)CC[C@@]1(C)[C@@H]3CC[C@H]4C(C)(C)CCC[C@]4(C)[C@H]3CC[C@]21C. The zero-order valence-electron chi connectivity index (χ0n) is 21.7. The van der Waals surface area contributed by atoms with Gasteiger partial charge in [0.05, 0.1) is 0 Å². The van der Waals surface area contributed by atoms with E-state index in [0.717, 1.165) is 35.5 Å². The highest BCUT2D eigenvalue weighted by Gasteiger charge is 2.69. The number of fused-ring (bicyclic) bond motifs is 7. The minimum absolute atomic E-state index is 0.570. The minimum atomic E-state index is 0.570. The molecule has 5 aliphatic carbocycles. The summed E-state index contributed by atoms with van der Waals surface area (Å²) in [5, 5.41) is 0. The number of hydrogen-bond acceptors (Lipinski definition) is 0. The molecule has 9 atom stereocenters. The van der Waals surface area contributed by atoms with Crippen molar-refractivity contribution in [2.75, 3.05) is 0 Å². The molecular weight excluding hydrogens is 360 g/mol. The Morgan fingerprint density at radius 2 is 1.27 bits per heavy atom. The maximum atomic E-state index is 2.81. The molecule has 0 spiro atoms. The highest BCUT2D eigenvalue weighted by atomic mass is 14.7. The first-order chi connectivity index (χ1) is 13.9. The second kappa shape index (κ2) is 6.53. The normalized spacial score (nSPS) is 57.3. The van der Waals surface area contributed by atoms with Gasteiger partial charge in [0.25, 0.3) is 0 Å². The van der Waals surface area contributed by atoms with Crippen molar-refractivity contribution in [2.45, 2.75) is 126 Å². The summed E-state index contributed by atoms with van der Waals surface area (Å²) in [5.41, 5.74) is 2.97. The van der Waals surface area contributed by atoms with Crippen LogP contribution in [0.2, 0.25) is 0 Å². The van der Waals surface area contributed by atoms with Gasteiger partial charge in [0.1, 0.15) is 0 Å². The molecule has 0 aromatic carbocycles. The lowest BCUT2D eigenvalue weighted by Crippen LogP contribution is -2.64. The molecule has 5 fully saturated rings. The summed E-state index contributed by atoms with van der Waals surface area (Å²) < 4.78 is 0. The average molecular weight is 413 g/mol. The quantitative estimate of drug-likeness (QED) is 0.402. The van der Waals surface area contributed by atoms with E-state index in [1.807, 2.05) is 0 Å². The van der Waals surface area contributed by atoms with Crippen LogP contribution >= 0.6 is 0 Å². The Labute approximate surface area is 188 Å². The monoisotopic (exact) mass is 412 g/mol. The Balaban J connectivity index is 1.50. The van der Waals surface area contributed by atoms with E-state index in [4.69, 9.17) is 0 Å². The van der Waals surface area contributed by atoms with Crippen LogP contribution in [0.4, 0.5) is 0 Å². The van der Waals surface area contributed by atoms with Crippen LogP contribution in [-0.2, 0) is 0 Å². The van der Waals surface area contributed by atoms with Gasteiger partial charge in [-0.15, -0.1) is 0 Å². The van der Waals surface area contributed by atoms with Crippen LogP contribution in [0.15, 0.2) is 0 Å². The molecule has 0 aliphatic heterocycles. The lowest BCUT2D eigenvalue weighted by atomic mass is 9.33. The molecule has 0 bridgehead atoms.